The first-order valence-electron chi connectivity index (χ1n) is 8.36. The van der Waals surface area contributed by atoms with Crippen LogP contribution in [0, 0.1) is 0 Å². The van der Waals surface area contributed by atoms with Crippen molar-refractivity contribution >= 4 is 5.65 Å². The normalized spacial score (nSPS) is 11.1. The number of benzene rings is 2. The Morgan fingerprint density at radius 1 is 0.778 bits per heavy atom. The molecule has 0 amide bonds. The Morgan fingerprint density at radius 2 is 1.44 bits per heavy atom. The van der Waals surface area contributed by atoms with Gasteiger partial charge in [0.25, 0.3) is 0 Å². The summed E-state index contributed by atoms with van der Waals surface area (Å²) in [6.07, 6.45) is 1.66. The van der Waals surface area contributed by atoms with Gasteiger partial charge >= 0.3 is 5.69 Å². The smallest absolute Gasteiger partial charge is 0.355 e. The van der Waals surface area contributed by atoms with E-state index in [4.69, 9.17) is 4.42 Å². The number of pyridine rings is 1. The highest BCUT2D eigenvalue weighted by atomic mass is 16.4. The number of hydrogen-bond donors (Lipinski definition) is 0. The summed E-state index contributed by atoms with van der Waals surface area (Å²) in [6, 6.07) is 22.3. The standard InChI is InChI=1S/C20H13N5O2/c26-20-24-12-11-15(13-17(24)23-25(20)16-9-5-2-6-10-16)19-22-21-18(27-19)14-7-3-1-4-8-14/h1-13H. The Labute approximate surface area is 153 Å². The third-order valence-corrected chi connectivity index (χ3v) is 4.22. The third kappa shape index (κ3) is 2.62. The van der Waals surface area contributed by atoms with Crippen molar-refractivity contribution in [3.8, 4) is 28.6 Å². The Kier molecular flexibility index (Phi) is 3.43. The lowest BCUT2D eigenvalue weighted by Crippen LogP contribution is -2.19. The van der Waals surface area contributed by atoms with Gasteiger partial charge in [-0.2, -0.15) is 4.68 Å². The van der Waals surface area contributed by atoms with E-state index in [0.29, 0.717) is 28.7 Å². The van der Waals surface area contributed by atoms with Gasteiger partial charge in [-0.1, -0.05) is 36.4 Å². The predicted octanol–water partition coefficient (Wildman–Crippen LogP) is 3.20. The van der Waals surface area contributed by atoms with Crippen LogP contribution in [-0.2, 0) is 0 Å². The van der Waals surface area contributed by atoms with E-state index in [9.17, 15) is 4.79 Å². The maximum atomic E-state index is 12.6. The largest absolute Gasteiger partial charge is 0.416 e. The van der Waals surface area contributed by atoms with Gasteiger partial charge in [0.15, 0.2) is 5.65 Å². The van der Waals surface area contributed by atoms with Crippen molar-refractivity contribution in [2.45, 2.75) is 0 Å². The highest BCUT2D eigenvalue weighted by Crippen LogP contribution is 2.24. The molecule has 0 saturated heterocycles. The zero-order valence-electron chi connectivity index (χ0n) is 14.1. The zero-order chi connectivity index (χ0) is 18.2. The van der Waals surface area contributed by atoms with Crippen molar-refractivity contribution in [2.24, 2.45) is 0 Å². The average molecular weight is 355 g/mol. The van der Waals surface area contributed by atoms with Crippen LogP contribution in [0.3, 0.4) is 0 Å². The Morgan fingerprint density at radius 3 is 2.19 bits per heavy atom. The quantitative estimate of drug-likeness (QED) is 0.497. The van der Waals surface area contributed by atoms with Crippen molar-refractivity contribution in [3.05, 3.63) is 89.5 Å². The van der Waals surface area contributed by atoms with Gasteiger partial charge in [-0.25, -0.2) is 9.20 Å². The van der Waals surface area contributed by atoms with Gasteiger partial charge < -0.3 is 4.42 Å². The second kappa shape index (κ2) is 6.06. The van der Waals surface area contributed by atoms with E-state index in [1.54, 1.807) is 18.3 Å². The summed E-state index contributed by atoms with van der Waals surface area (Å²) in [6.45, 7) is 0. The van der Waals surface area contributed by atoms with E-state index in [0.717, 1.165) is 5.56 Å². The van der Waals surface area contributed by atoms with Crippen LogP contribution in [0.2, 0.25) is 0 Å². The van der Waals surface area contributed by atoms with Crippen molar-refractivity contribution in [1.82, 2.24) is 24.4 Å². The van der Waals surface area contributed by atoms with Crippen molar-refractivity contribution in [2.75, 3.05) is 0 Å². The van der Waals surface area contributed by atoms with Crippen LogP contribution in [0.5, 0.6) is 0 Å². The lowest BCUT2D eigenvalue weighted by atomic mass is 10.2. The van der Waals surface area contributed by atoms with Gasteiger partial charge in [-0.05, 0) is 36.4 Å². The highest BCUT2D eigenvalue weighted by Gasteiger charge is 2.14. The monoisotopic (exact) mass is 355 g/mol. The molecule has 0 unspecified atom stereocenters. The van der Waals surface area contributed by atoms with Gasteiger partial charge in [0, 0.05) is 17.3 Å². The molecule has 5 aromatic rings. The molecule has 3 aromatic heterocycles. The molecule has 7 heteroatoms. The molecule has 0 atom stereocenters. The number of hydrogen-bond acceptors (Lipinski definition) is 5. The Hall–Kier alpha value is -4.00. The van der Waals surface area contributed by atoms with E-state index in [1.807, 2.05) is 60.7 Å². The molecule has 0 aliphatic heterocycles. The summed E-state index contributed by atoms with van der Waals surface area (Å²) in [5.41, 5.74) is 2.51. The van der Waals surface area contributed by atoms with Gasteiger partial charge in [-0.3, -0.25) is 0 Å². The zero-order valence-corrected chi connectivity index (χ0v) is 14.1. The summed E-state index contributed by atoms with van der Waals surface area (Å²) >= 11 is 0. The molecule has 3 heterocycles. The summed E-state index contributed by atoms with van der Waals surface area (Å²) in [5.74, 6) is 0.816. The van der Waals surface area contributed by atoms with E-state index < -0.39 is 0 Å². The van der Waals surface area contributed by atoms with Crippen LogP contribution in [0.25, 0.3) is 34.2 Å². The van der Waals surface area contributed by atoms with E-state index in [-0.39, 0.29) is 5.69 Å². The minimum absolute atomic E-state index is 0.238. The van der Waals surface area contributed by atoms with Crippen LogP contribution in [0.1, 0.15) is 0 Å². The number of para-hydroxylation sites is 1. The molecule has 2 aromatic carbocycles. The first kappa shape index (κ1) is 15.3. The van der Waals surface area contributed by atoms with Crippen LogP contribution >= 0.6 is 0 Å². The third-order valence-electron chi connectivity index (χ3n) is 4.22. The van der Waals surface area contributed by atoms with Gasteiger partial charge in [-0.15, -0.1) is 15.3 Å². The minimum atomic E-state index is -0.238. The summed E-state index contributed by atoms with van der Waals surface area (Å²) < 4.78 is 8.62. The van der Waals surface area contributed by atoms with Crippen LogP contribution < -0.4 is 5.69 Å². The van der Waals surface area contributed by atoms with E-state index in [2.05, 4.69) is 15.3 Å². The number of aromatic nitrogens is 5. The molecule has 5 rings (SSSR count). The number of rotatable bonds is 3. The maximum absolute atomic E-state index is 12.6. The second-order valence-electron chi connectivity index (χ2n) is 5.95. The number of nitrogens with zero attached hydrogens (tertiary/aromatic N) is 5. The van der Waals surface area contributed by atoms with Gasteiger partial charge in [0.1, 0.15) is 0 Å². The van der Waals surface area contributed by atoms with Crippen LogP contribution in [0.4, 0.5) is 0 Å². The van der Waals surface area contributed by atoms with Crippen molar-refractivity contribution in [3.63, 3.8) is 0 Å². The number of fused-ring (bicyclic) bond motifs is 1. The minimum Gasteiger partial charge on any atom is -0.416 e. The molecule has 0 N–H and O–H groups in total. The summed E-state index contributed by atoms with van der Waals surface area (Å²) in [7, 11) is 0. The lowest BCUT2D eigenvalue weighted by molar-refractivity contribution is 0.584. The molecule has 0 saturated carbocycles. The molecule has 0 fully saturated rings. The fraction of sp³-hybridized carbons (Fsp3) is 0. The fourth-order valence-corrected chi connectivity index (χ4v) is 2.88. The first-order valence-corrected chi connectivity index (χ1v) is 8.36. The SMILES string of the molecule is O=c1n(-c2ccccc2)nc2cc(-c3nnc(-c4ccccc4)o3)ccn12. The lowest BCUT2D eigenvalue weighted by Gasteiger charge is -1.96. The molecule has 130 valence electrons. The fourth-order valence-electron chi connectivity index (χ4n) is 2.88. The van der Waals surface area contributed by atoms with Crippen molar-refractivity contribution in [1.29, 1.82) is 0 Å². The topological polar surface area (TPSA) is 78.2 Å². The average Bonchev–Trinajstić information content (AvgIpc) is 3.34. The molecule has 0 aliphatic rings. The van der Waals surface area contributed by atoms with Gasteiger partial charge in [0.2, 0.25) is 11.8 Å². The summed E-state index contributed by atoms with van der Waals surface area (Å²) in [4.78, 5) is 12.6. The second-order valence-corrected chi connectivity index (χ2v) is 5.95. The Balaban J connectivity index is 1.58. The van der Waals surface area contributed by atoms with E-state index >= 15 is 0 Å². The van der Waals surface area contributed by atoms with Crippen LogP contribution in [0.15, 0.2) is 88.2 Å². The molecule has 0 spiro atoms. The molecular weight excluding hydrogens is 342 g/mol. The summed E-state index contributed by atoms with van der Waals surface area (Å²) in [5, 5.41) is 12.6. The predicted molar refractivity (Wildman–Crippen MR) is 99.5 cm³/mol. The molecule has 0 radical (unpaired) electrons. The molecule has 0 aliphatic carbocycles. The van der Waals surface area contributed by atoms with E-state index in [1.165, 1.54) is 9.08 Å². The maximum Gasteiger partial charge on any atom is 0.355 e. The molecule has 27 heavy (non-hydrogen) atoms. The molecule has 7 nitrogen and oxygen atoms in total. The first-order chi connectivity index (χ1) is 13.3. The molecular formula is C20H13N5O2. The Bertz CT molecular complexity index is 1290. The van der Waals surface area contributed by atoms with Crippen LogP contribution in [-0.4, -0.2) is 24.4 Å². The van der Waals surface area contributed by atoms with Crippen molar-refractivity contribution < 1.29 is 4.42 Å². The highest BCUT2D eigenvalue weighted by molar-refractivity contribution is 5.61. The molecule has 0 bridgehead atoms. The van der Waals surface area contributed by atoms with Gasteiger partial charge in [0.05, 0.1) is 5.69 Å².